The zero-order valence-corrected chi connectivity index (χ0v) is 11.7. The molecule has 4 nitrogen and oxygen atoms in total. The number of carbonyl (C=O) groups is 1. The van der Waals surface area contributed by atoms with E-state index >= 15 is 0 Å². The molecular formula is C14H25NO3. The maximum atomic E-state index is 12.0. The number of aliphatic hydroxyl groups is 1. The topological polar surface area (TPSA) is 49.8 Å². The van der Waals surface area contributed by atoms with Gasteiger partial charge in [0.25, 0.3) is 0 Å². The van der Waals surface area contributed by atoms with Gasteiger partial charge in [0.15, 0.2) is 0 Å². The molecule has 104 valence electrons. The fraction of sp³-hybridized carbons (Fsp3) is 0.929. The van der Waals surface area contributed by atoms with E-state index in [0.717, 1.165) is 0 Å². The molecule has 0 aromatic heterocycles. The molecule has 1 aliphatic carbocycles. The van der Waals surface area contributed by atoms with E-state index in [4.69, 9.17) is 4.74 Å². The molecule has 0 unspecified atom stereocenters. The summed E-state index contributed by atoms with van der Waals surface area (Å²) in [6.45, 7) is 6.68. The Morgan fingerprint density at radius 3 is 2.39 bits per heavy atom. The first-order valence-electron chi connectivity index (χ1n) is 7.03. The van der Waals surface area contributed by atoms with Crippen LogP contribution < -0.4 is 0 Å². The number of amides is 1. The first kappa shape index (κ1) is 13.7. The number of β-amino-alcohol motifs (C(OH)–C–C–N with tert-alkyl or cyclic N) is 1. The summed E-state index contributed by atoms with van der Waals surface area (Å²) >= 11 is 0. The molecule has 2 rings (SSSR count). The van der Waals surface area contributed by atoms with Crippen molar-refractivity contribution in [3.63, 3.8) is 0 Å². The zero-order chi connectivity index (χ0) is 13.3. The number of aliphatic hydroxyl groups excluding tert-OH is 1. The molecule has 0 bridgehead atoms. The molecule has 2 atom stereocenters. The van der Waals surface area contributed by atoms with E-state index in [1.807, 2.05) is 20.8 Å². The van der Waals surface area contributed by atoms with Gasteiger partial charge >= 0.3 is 6.09 Å². The number of hydrogen-bond donors (Lipinski definition) is 1. The maximum Gasteiger partial charge on any atom is 0.410 e. The van der Waals surface area contributed by atoms with Gasteiger partial charge in [-0.15, -0.1) is 0 Å². The molecule has 0 aromatic rings. The summed E-state index contributed by atoms with van der Waals surface area (Å²) in [7, 11) is 0. The molecule has 2 fully saturated rings. The van der Waals surface area contributed by atoms with E-state index in [0.29, 0.717) is 19.0 Å². The first-order chi connectivity index (χ1) is 8.37. The van der Waals surface area contributed by atoms with E-state index in [-0.39, 0.29) is 18.1 Å². The van der Waals surface area contributed by atoms with Gasteiger partial charge in [-0.05, 0) is 26.7 Å². The summed E-state index contributed by atoms with van der Waals surface area (Å²) in [5.74, 6) is 0.840. The average Bonchev–Trinajstić information content (AvgIpc) is 2.82. The van der Waals surface area contributed by atoms with Crippen LogP contribution in [0.25, 0.3) is 0 Å². The molecule has 18 heavy (non-hydrogen) atoms. The monoisotopic (exact) mass is 255 g/mol. The molecule has 1 aliphatic heterocycles. The quantitative estimate of drug-likeness (QED) is 0.782. The van der Waals surface area contributed by atoms with Crippen molar-refractivity contribution in [1.82, 2.24) is 4.90 Å². The normalized spacial score (nSPS) is 29.9. The largest absolute Gasteiger partial charge is 0.444 e. The van der Waals surface area contributed by atoms with E-state index < -0.39 is 5.60 Å². The van der Waals surface area contributed by atoms with Crippen LogP contribution in [0.5, 0.6) is 0 Å². The lowest BCUT2D eigenvalue weighted by atomic mass is 9.88. The van der Waals surface area contributed by atoms with Crippen molar-refractivity contribution >= 4 is 6.09 Å². The van der Waals surface area contributed by atoms with Gasteiger partial charge in [-0.1, -0.05) is 25.7 Å². The van der Waals surface area contributed by atoms with Gasteiger partial charge in [0.2, 0.25) is 0 Å². The minimum absolute atomic E-state index is 0.250. The molecule has 1 heterocycles. The fourth-order valence-corrected chi connectivity index (χ4v) is 3.14. The fourth-order valence-electron chi connectivity index (χ4n) is 3.14. The van der Waals surface area contributed by atoms with E-state index in [2.05, 4.69) is 0 Å². The Hall–Kier alpha value is -0.770. The molecule has 1 amide bonds. The molecule has 1 saturated heterocycles. The minimum Gasteiger partial charge on any atom is -0.444 e. The summed E-state index contributed by atoms with van der Waals surface area (Å²) in [6.07, 6.45) is 4.26. The number of hydrogen-bond acceptors (Lipinski definition) is 3. The highest BCUT2D eigenvalue weighted by atomic mass is 16.6. The average molecular weight is 255 g/mol. The SMILES string of the molecule is CC(C)(C)OC(=O)N1C[C@H](O)[C@H](C2CCCC2)C1. The summed E-state index contributed by atoms with van der Waals surface area (Å²) in [6, 6.07) is 0. The van der Waals surface area contributed by atoms with Crippen molar-refractivity contribution in [1.29, 1.82) is 0 Å². The van der Waals surface area contributed by atoms with Crippen LogP contribution in [0, 0.1) is 11.8 Å². The Labute approximate surface area is 109 Å². The molecule has 2 aliphatic rings. The third-order valence-corrected chi connectivity index (χ3v) is 3.99. The first-order valence-corrected chi connectivity index (χ1v) is 7.03. The van der Waals surface area contributed by atoms with Gasteiger partial charge in [0.1, 0.15) is 5.60 Å². The van der Waals surface area contributed by atoms with Crippen LogP contribution in [0.3, 0.4) is 0 Å². The van der Waals surface area contributed by atoms with Crippen LogP contribution >= 0.6 is 0 Å². The van der Waals surface area contributed by atoms with Gasteiger partial charge in [-0.25, -0.2) is 4.79 Å². The van der Waals surface area contributed by atoms with Crippen molar-refractivity contribution in [2.75, 3.05) is 13.1 Å². The predicted molar refractivity (Wildman–Crippen MR) is 69.3 cm³/mol. The molecule has 0 spiro atoms. The van der Waals surface area contributed by atoms with Crippen molar-refractivity contribution in [2.45, 2.75) is 58.2 Å². The van der Waals surface area contributed by atoms with E-state index in [9.17, 15) is 9.90 Å². The Bertz CT molecular complexity index is 305. The molecule has 1 N–H and O–H groups in total. The Morgan fingerprint density at radius 2 is 1.83 bits per heavy atom. The van der Waals surface area contributed by atoms with Gasteiger partial charge in [0, 0.05) is 12.5 Å². The van der Waals surface area contributed by atoms with Gasteiger partial charge < -0.3 is 14.7 Å². The van der Waals surface area contributed by atoms with Gasteiger partial charge in [0.05, 0.1) is 12.6 Å². The number of likely N-dealkylation sites (tertiary alicyclic amines) is 1. The number of nitrogens with zero attached hydrogens (tertiary/aromatic N) is 1. The predicted octanol–water partition coefficient (Wildman–Crippen LogP) is 2.40. The molecule has 4 heteroatoms. The third kappa shape index (κ3) is 3.16. The second kappa shape index (κ2) is 5.08. The summed E-state index contributed by atoms with van der Waals surface area (Å²) in [5, 5.41) is 10.1. The Kier molecular flexibility index (Phi) is 3.85. The second-order valence-corrected chi connectivity index (χ2v) is 6.66. The van der Waals surface area contributed by atoms with Crippen molar-refractivity contribution < 1.29 is 14.6 Å². The molecule has 0 radical (unpaired) electrons. The smallest absolute Gasteiger partial charge is 0.410 e. The van der Waals surface area contributed by atoms with Gasteiger partial charge in [-0.3, -0.25) is 0 Å². The number of ether oxygens (including phenoxy) is 1. The summed E-state index contributed by atoms with van der Waals surface area (Å²) in [5.41, 5.74) is -0.465. The zero-order valence-electron chi connectivity index (χ0n) is 11.7. The molecular weight excluding hydrogens is 230 g/mol. The van der Waals surface area contributed by atoms with Crippen LogP contribution in [0.4, 0.5) is 4.79 Å². The standard InChI is InChI=1S/C14H25NO3/c1-14(2,3)18-13(17)15-8-11(12(16)9-15)10-6-4-5-7-10/h10-12,16H,4-9H2,1-3H3/t11-,12-/m0/s1. The lowest BCUT2D eigenvalue weighted by Gasteiger charge is -2.24. The van der Waals surface area contributed by atoms with Crippen LogP contribution in [0.1, 0.15) is 46.5 Å². The summed E-state index contributed by atoms with van der Waals surface area (Å²) in [4.78, 5) is 13.6. The van der Waals surface area contributed by atoms with Crippen LogP contribution in [0.2, 0.25) is 0 Å². The Balaban J connectivity index is 1.91. The number of rotatable bonds is 1. The van der Waals surface area contributed by atoms with E-state index in [1.165, 1.54) is 25.7 Å². The maximum absolute atomic E-state index is 12.0. The van der Waals surface area contributed by atoms with Gasteiger partial charge in [-0.2, -0.15) is 0 Å². The summed E-state index contributed by atoms with van der Waals surface area (Å²) < 4.78 is 5.36. The highest BCUT2D eigenvalue weighted by Gasteiger charge is 2.40. The molecule has 0 aromatic carbocycles. The van der Waals surface area contributed by atoms with Crippen LogP contribution in [0.15, 0.2) is 0 Å². The van der Waals surface area contributed by atoms with Crippen molar-refractivity contribution in [3.8, 4) is 0 Å². The van der Waals surface area contributed by atoms with Crippen LogP contribution in [-0.2, 0) is 4.74 Å². The van der Waals surface area contributed by atoms with Crippen LogP contribution in [-0.4, -0.2) is 40.9 Å². The lowest BCUT2D eigenvalue weighted by Crippen LogP contribution is -2.36. The second-order valence-electron chi connectivity index (χ2n) is 6.66. The van der Waals surface area contributed by atoms with E-state index in [1.54, 1.807) is 4.90 Å². The highest BCUT2D eigenvalue weighted by Crippen LogP contribution is 2.36. The highest BCUT2D eigenvalue weighted by molar-refractivity contribution is 5.68. The van der Waals surface area contributed by atoms with Crippen molar-refractivity contribution in [3.05, 3.63) is 0 Å². The third-order valence-electron chi connectivity index (χ3n) is 3.99. The minimum atomic E-state index is -0.465. The Morgan fingerprint density at radius 1 is 1.22 bits per heavy atom. The van der Waals surface area contributed by atoms with Crippen molar-refractivity contribution in [2.24, 2.45) is 11.8 Å². The lowest BCUT2D eigenvalue weighted by molar-refractivity contribution is 0.0269. The molecule has 1 saturated carbocycles. The number of carbonyl (C=O) groups excluding carboxylic acids is 1.